The van der Waals surface area contributed by atoms with E-state index >= 15 is 0 Å². The normalized spacial score (nSPS) is 20.4. The number of thioether (sulfide) groups is 1. The van der Waals surface area contributed by atoms with Crippen molar-refractivity contribution in [2.75, 3.05) is 18.8 Å². The maximum atomic E-state index is 12.3. The summed E-state index contributed by atoms with van der Waals surface area (Å²) in [6.07, 6.45) is 1.13. The van der Waals surface area contributed by atoms with Gasteiger partial charge in [-0.05, 0) is 24.6 Å². The molecule has 0 spiro atoms. The first kappa shape index (κ1) is 13.0. The quantitative estimate of drug-likeness (QED) is 0.834. The largest absolute Gasteiger partial charge is 0.337 e. The van der Waals surface area contributed by atoms with Gasteiger partial charge in [0, 0.05) is 34.1 Å². The van der Waals surface area contributed by atoms with E-state index in [0.29, 0.717) is 5.25 Å². The fourth-order valence-electron chi connectivity index (χ4n) is 1.95. The lowest BCUT2D eigenvalue weighted by Crippen LogP contribution is -2.41. The monoisotopic (exact) mass is 313 g/mol. The van der Waals surface area contributed by atoms with Gasteiger partial charge in [-0.25, -0.2) is 0 Å². The summed E-state index contributed by atoms with van der Waals surface area (Å²) in [7, 11) is 0. The van der Waals surface area contributed by atoms with E-state index in [4.69, 9.17) is 0 Å². The summed E-state index contributed by atoms with van der Waals surface area (Å²) in [4.78, 5) is 14.3. The molecule has 1 amide bonds. The zero-order valence-electron chi connectivity index (χ0n) is 9.86. The van der Waals surface area contributed by atoms with Gasteiger partial charge in [-0.3, -0.25) is 4.79 Å². The second kappa shape index (κ2) is 5.91. The van der Waals surface area contributed by atoms with E-state index < -0.39 is 0 Å². The molecule has 1 atom stereocenters. The molecule has 1 aliphatic heterocycles. The van der Waals surface area contributed by atoms with Crippen LogP contribution in [0.4, 0.5) is 0 Å². The first-order valence-electron chi connectivity index (χ1n) is 5.87. The molecule has 0 bridgehead atoms. The highest BCUT2D eigenvalue weighted by Crippen LogP contribution is 2.23. The third-order valence-corrected chi connectivity index (χ3v) is 4.82. The molecule has 1 aromatic rings. The van der Waals surface area contributed by atoms with E-state index in [1.165, 1.54) is 0 Å². The number of benzene rings is 1. The molecular weight excluding hydrogens is 298 g/mol. The van der Waals surface area contributed by atoms with Crippen LogP contribution in [0, 0.1) is 0 Å². The number of hydrogen-bond acceptors (Lipinski definition) is 2. The summed E-state index contributed by atoms with van der Waals surface area (Å²) in [5.41, 5.74) is 0.779. The molecule has 0 N–H and O–H groups in total. The minimum absolute atomic E-state index is 0.157. The van der Waals surface area contributed by atoms with Gasteiger partial charge in [0.25, 0.3) is 5.91 Å². The summed E-state index contributed by atoms with van der Waals surface area (Å²) in [5.74, 6) is 1.21. The van der Waals surface area contributed by atoms with Crippen LogP contribution in [0.2, 0.25) is 0 Å². The number of carbonyl (C=O) groups is 1. The predicted octanol–water partition coefficient (Wildman–Crippen LogP) is 3.42. The highest BCUT2D eigenvalue weighted by Gasteiger charge is 2.23. The van der Waals surface area contributed by atoms with Crippen LogP contribution in [0.5, 0.6) is 0 Å². The maximum absolute atomic E-state index is 12.3. The molecule has 1 fully saturated rings. The van der Waals surface area contributed by atoms with Crippen molar-refractivity contribution in [3.63, 3.8) is 0 Å². The Morgan fingerprint density at radius 2 is 2.41 bits per heavy atom. The zero-order chi connectivity index (χ0) is 12.3. The van der Waals surface area contributed by atoms with Crippen molar-refractivity contribution >= 4 is 33.6 Å². The number of rotatable bonds is 2. The molecule has 0 saturated carbocycles. The van der Waals surface area contributed by atoms with Crippen molar-refractivity contribution < 1.29 is 4.79 Å². The molecule has 17 heavy (non-hydrogen) atoms. The lowest BCUT2D eigenvalue weighted by molar-refractivity contribution is 0.0761. The number of hydrogen-bond donors (Lipinski definition) is 0. The molecular formula is C13H16BrNOS. The SMILES string of the molecule is CCC1CN(C(=O)c2cccc(Br)c2)CCS1. The van der Waals surface area contributed by atoms with Crippen molar-refractivity contribution in [2.45, 2.75) is 18.6 Å². The molecule has 2 nitrogen and oxygen atoms in total. The van der Waals surface area contributed by atoms with Crippen LogP contribution in [0.1, 0.15) is 23.7 Å². The van der Waals surface area contributed by atoms with Gasteiger partial charge in [0.05, 0.1) is 0 Å². The zero-order valence-corrected chi connectivity index (χ0v) is 12.3. The highest BCUT2D eigenvalue weighted by molar-refractivity contribution is 9.10. The molecule has 1 unspecified atom stereocenters. The minimum atomic E-state index is 0.157. The van der Waals surface area contributed by atoms with Gasteiger partial charge < -0.3 is 4.90 Å². The van der Waals surface area contributed by atoms with Gasteiger partial charge in [-0.2, -0.15) is 11.8 Å². The lowest BCUT2D eigenvalue weighted by Gasteiger charge is -2.32. The Hall–Kier alpha value is -0.480. The van der Waals surface area contributed by atoms with E-state index in [1.807, 2.05) is 40.9 Å². The minimum Gasteiger partial charge on any atom is -0.337 e. The smallest absolute Gasteiger partial charge is 0.253 e. The summed E-state index contributed by atoms with van der Waals surface area (Å²) in [6.45, 7) is 3.93. The molecule has 1 heterocycles. The van der Waals surface area contributed by atoms with Crippen LogP contribution in [-0.4, -0.2) is 34.9 Å². The van der Waals surface area contributed by atoms with Gasteiger partial charge >= 0.3 is 0 Å². The van der Waals surface area contributed by atoms with Gasteiger partial charge in [-0.1, -0.05) is 28.9 Å². The van der Waals surface area contributed by atoms with Gasteiger partial charge in [0.2, 0.25) is 0 Å². The molecule has 92 valence electrons. The van der Waals surface area contributed by atoms with Gasteiger partial charge in [0.15, 0.2) is 0 Å². The molecule has 0 radical (unpaired) electrons. The van der Waals surface area contributed by atoms with Gasteiger partial charge in [0.1, 0.15) is 0 Å². The van der Waals surface area contributed by atoms with Gasteiger partial charge in [-0.15, -0.1) is 0 Å². The summed E-state index contributed by atoms with van der Waals surface area (Å²) in [5, 5.41) is 0.597. The third kappa shape index (κ3) is 3.26. The van der Waals surface area contributed by atoms with E-state index in [-0.39, 0.29) is 5.91 Å². The molecule has 0 aromatic heterocycles. The Bertz CT molecular complexity index is 410. The number of nitrogens with zero attached hydrogens (tertiary/aromatic N) is 1. The first-order valence-corrected chi connectivity index (χ1v) is 7.71. The van der Waals surface area contributed by atoms with Crippen molar-refractivity contribution in [3.05, 3.63) is 34.3 Å². The molecule has 0 aliphatic carbocycles. The predicted molar refractivity (Wildman–Crippen MR) is 76.6 cm³/mol. The third-order valence-electron chi connectivity index (χ3n) is 2.95. The van der Waals surface area contributed by atoms with Crippen LogP contribution in [-0.2, 0) is 0 Å². The maximum Gasteiger partial charge on any atom is 0.253 e. The Labute approximate surface area is 115 Å². The fraction of sp³-hybridized carbons (Fsp3) is 0.462. The van der Waals surface area contributed by atoms with Crippen LogP contribution in [0.15, 0.2) is 28.7 Å². The van der Waals surface area contributed by atoms with E-state index in [0.717, 1.165) is 35.3 Å². The molecule has 4 heteroatoms. The average Bonchev–Trinajstić information content (AvgIpc) is 2.38. The molecule has 2 rings (SSSR count). The second-order valence-electron chi connectivity index (χ2n) is 4.16. The Kier molecular flexibility index (Phi) is 4.51. The van der Waals surface area contributed by atoms with Crippen molar-refractivity contribution in [1.29, 1.82) is 0 Å². The Morgan fingerprint density at radius 1 is 1.59 bits per heavy atom. The fourth-order valence-corrected chi connectivity index (χ4v) is 3.53. The standard InChI is InChI=1S/C13H16BrNOS/c1-2-12-9-15(6-7-17-12)13(16)10-4-3-5-11(14)8-10/h3-5,8,12H,2,6-7,9H2,1H3. The number of amides is 1. The second-order valence-corrected chi connectivity index (χ2v) is 6.49. The molecule has 1 saturated heterocycles. The van der Waals surface area contributed by atoms with Crippen LogP contribution in [0.25, 0.3) is 0 Å². The summed E-state index contributed by atoms with van der Waals surface area (Å²) >= 11 is 5.38. The molecule has 1 aliphatic rings. The number of carbonyl (C=O) groups excluding carboxylic acids is 1. The van der Waals surface area contributed by atoms with Crippen LogP contribution < -0.4 is 0 Å². The lowest BCUT2D eigenvalue weighted by atomic mass is 10.2. The van der Waals surface area contributed by atoms with Crippen molar-refractivity contribution in [1.82, 2.24) is 4.90 Å². The van der Waals surface area contributed by atoms with E-state index in [2.05, 4.69) is 22.9 Å². The first-order chi connectivity index (χ1) is 8.20. The highest BCUT2D eigenvalue weighted by atomic mass is 79.9. The van der Waals surface area contributed by atoms with Crippen LogP contribution in [0.3, 0.4) is 0 Å². The Balaban J connectivity index is 2.09. The van der Waals surface area contributed by atoms with E-state index in [9.17, 15) is 4.79 Å². The average molecular weight is 314 g/mol. The summed E-state index contributed by atoms with van der Waals surface area (Å²) in [6, 6.07) is 7.63. The van der Waals surface area contributed by atoms with Crippen molar-refractivity contribution in [2.24, 2.45) is 0 Å². The number of halogens is 1. The Morgan fingerprint density at radius 3 is 3.12 bits per heavy atom. The van der Waals surface area contributed by atoms with Crippen molar-refractivity contribution in [3.8, 4) is 0 Å². The van der Waals surface area contributed by atoms with E-state index in [1.54, 1.807) is 0 Å². The summed E-state index contributed by atoms with van der Waals surface area (Å²) < 4.78 is 0.960. The van der Waals surface area contributed by atoms with Crippen LogP contribution >= 0.6 is 27.7 Å². The molecule has 1 aromatic carbocycles. The topological polar surface area (TPSA) is 20.3 Å².